The fraction of sp³-hybridized carbons (Fsp3) is 0.765. The molecule has 5 heteroatoms. The Morgan fingerprint density at radius 3 is 2.64 bits per heavy atom. The van der Waals surface area contributed by atoms with Crippen LogP contribution in [0.5, 0.6) is 0 Å². The number of H-pyrrole nitrogens is 1. The second kappa shape index (κ2) is 7.27. The molecule has 0 atom stereocenters. The van der Waals surface area contributed by atoms with Crippen LogP contribution in [0.1, 0.15) is 56.6 Å². The van der Waals surface area contributed by atoms with Crippen molar-refractivity contribution in [1.82, 2.24) is 20.0 Å². The van der Waals surface area contributed by atoms with Crippen molar-refractivity contribution >= 4 is 5.91 Å². The van der Waals surface area contributed by atoms with E-state index in [1.165, 1.54) is 37.8 Å². The number of aromatic nitrogens is 2. The summed E-state index contributed by atoms with van der Waals surface area (Å²) >= 11 is 0. The molecular formula is C17H28N4O. The van der Waals surface area contributed by atoms with Gasteiger partial charge in [0.05, 0.1) is 6.54 Å². The number of nitrogens with zero attached hydrogens (tertiary/aromatic N) is 3. The van der Waals surface area contributed by atoms with Gasteiger partial charge in [0.1, 0.15) is 0 Å². The van der Waals surface area contributed by atoms with Crippen LogP contribution in [0.15, 0.2) is 12.3 Å². The zero-order valence-corrected chi connectivity index (χ0v) is 13.6. The molecule has 2 fully saturated rings. The van der Waals surface area contributed by atoms with Crippen molar-refractivity contribution in [2.24, 2.45) is 0 Å². The molecule has 122 valence electrons. The van der Waals surface area contributed by atoms with Gasteiger partial charge < -0.3 is 4.90 Å². The number of carbonyl (C=O) groups is 1. The maximum Gasteiger partial charge on any atom is 0.236 e. The highest BCUT2D eigenvalue weighted by Gasteiger charge is 2.26. The van der Waals surface area contributed by atoms with E-state index in [2.05, 4.69) is 21.2 Å². The summed E-state index contributed by atoms with van der Waals surface area (Å²) in [6.07, 6.45) is 10.3. The van der Waals surface area contributed by atoms with Crippen molar-refractivity contribution in [3.63, 3.8) is 0 Å². The van der Waals surface area contributed by atoms with Crippen molar-refractivity contribution in [2.75, 3.05) is 26.7 Å². The van der Waals surface area contributed by atoms with E-state index < -0.39 is 0 Å². The first-order valence-electron chi connectivity index (χ1n) is 8.71. The quantitative estimate of drug-likeness (QED) is 0.929. The van der Waals surface area contributed by atoms with Crippen LogP contribution >= 0.6 is 0 Å². The molecule has 1 aliphatic heterocycles. The Kier molecular flexibility index (Phi) is 5.13. The Labute approximate surface area is 133 Å². The molecule has 0 radical (unpaired) electrons. The van der Waals surface area contributed by atoms with Gasteiger partial charge in [0.25, 0.3) is 0 Å². The van der Waals surface area contributed by atoms with Crippen molar-refractivity contribution in [3.05, 3.63) is 18.0 Å². The highest BCUT2D eigenvalue weighted by atomic mass is 16.2. The first kappa shape index (κ1) is 15.5. The van der Waals surface area contributed by atoms with Gasteiger partial charge in [-0.05, 0) is 44.8 Å². The molecular weight excluding hydrogens is 276 g/mol. The number of carbonyl (C=O) groups excluding carboxylic acids is 1. The van der Waals surface area contributed by atoms with Crippen LogP contribution in [-0.2, 0) is 4.79 Å². The summed E-state index contributed by atoms with van der Waals surface area (Å²) in [4.78, 5) is 16.8. The predicted octanol–water partition coefficient (Wildman–Crippen LogP) is 2.38. The molecule has 0 unspecified atom stereocenters. The summed E-state index contributed by atoms with van der Waals surface area (Å²) < 4.78 is 0. The highest BCUT2D eigenvalue weighted by molar-refractivity contribution is 5.78. The molecule has 0 bridgehead atoms. The van der Waals surface area contributed by atoms with Crippen LogP contribution in [0.4, 0.5) is 0 Å². The second-order valence-corrected chi connectivity index (χ2v) is 6.86. The van der Waals surface area contributed by atoms with Crippen LogP contribution in [0.2, 0.25) is 0 Å². The Balaban J connectivity index is 1.44. The zero-order valence-electron chi connectivity index (χ0n) is 13.6. The summed E-state index contributed by atoms with van der Waals surface area (Å²) in [5.74, 6) is 0.872. The fourth-order valence-corrected chi connectivity index (χ4v) is 3.87. The Morgan fingerprint density at radius 1 is 1.27 bits per heavy atom. The number of aromatic amines is 1. The van der Waals surface area contributed by atoms with Gasteiger partial charge in [-0.15, -0.1) is 0 Å². The first-order valence-corrected chi connectivity index (χ1v) is 8.71. The number of piperidine rings is 1. The lowest BCUT2D eigenvalue weighted by molar-refractivity contribution is -0.134. The van der Waals surface area contributed by atoms with E-state index in [4.69, 9.17) is 0 Å². The molecule has 2 heterocycles. The van der Waals surface area contributed by atoms with Crippen LogP contribution in [0.25, 0.3) is 0 Å². The molecule has 1 saturated carbocycles. The SMILES string of the molecule is CN(C(=O)CN1CCC(c2ccn[nH]2)CC1)C1CCCCC1. The normalized spacial score (nSPS) is 21.9. The van der Waals surface area contributed by atoms with Crippen LogP contribution in [0, 0.1) is 0 Å². The van der Waals surface area contributed by atoms with Gasteiger partial charge >= 0.3 is 0 Å². The number of rotatable bonds is 4. The molecule has 0 aromatic carbocycles. The molecule has 1 N–H and O–H groups in total. The first-order chi connectivity index (χ1) is 10.7. The summed E-state index contributed by atoms with van der Waals surface area (Å²) in [7, 11) is 2.00. The number of likely N-dealkylation sites (tertiary alicyclic amines) is 1. The number of likely N-dealkylation sites (N-methyl/N-ethyl adjacent to an activating group) is 1. The minimum absolute atomic E-state index is 0.298. The summed E-state index contributed by atoms with van der Waals surface area (Å²) in [6, 6.07) is 2.55. The minimum atomic E-state index is 0.298. The van der Waals surface area contributed by atoms with E-state index in [1.54, 1.807) is 0 Å². The lowest BCUT2D eigenvalue weighted by Crippen LogP contribution is -2.45. The molecule has 1 amide bonds. The molecule has 1 saturated heterocycles. The number of hydrogen-bond donors (Lipinski definition) is 1. The van der Waals surface area contributed by atoms with Crippen molar-refractivity contribution in [3.8, 4) is 0 Å². The molecule has 22 heavy (non-hydrogen) atoms. The van der Waals surface area contributed by atoms with Crippen molar-refractivity contribution in [1.29, 1.82) is 0 Å². The molecule has 1 aromatic rings. The summed E-state index contributed by atoms with van der Waals surface area (Å²) in [6.45, 7) is 2.60. The van der Waals surface area contributed by atoms with E-state index in [9.17, 15) is 4.79 Å². The monoisotopic (exact) mass is 304 g/mol. The predicted molar refractivity (Wildman–Crippen MR) is 86.6 cm³/mol. The maximum absolute atomic E-state index is 12.5. The number of amides is 1. The third-order valence-electron chi connectivity index (χ3n) is 5.42. The highest BCUT2D eigenvalue weighted by Crippen LogP contribution is 2.26. The molecule has 5 nitrogen and oxygen atoms in total. The lowest BCUT2D eigenvalue weighted by atomic mass is 9.93. The summed E-state index contributed by atoms with van der Waals surface area (Å²) in [5.41, 5.74) is 1.24. The lowest BCUT2D eigenvalue weighted by Gasteiger charge is -2.35. The van der Waals surface area contributed by atoms with E-state index in [0.29, 0.717) is 24.4 Å². The second-order valence-electron chi connectivity index (χ2n) is 6.86. The molecule has 3 rings (SSSR count). The van der Waals surface area contributed by atoms with Gasteiger partial charge in [0.2, 0.25) is 5.91 Å². The fourth-order valence-electron chi connectivity index (χ4n) is 3.87. The largest absolute Gasteiger partial charge is 0.342 e. The van der Waals surface area contributed by atoms with Gasteiger partial charge in [0.15, 0.2) is 0 Å². The van der Waals surface area contributed by atoms with Crippen LogP contribution in [-0.4, -0.2) is 58.6 Å². The molecule has 1 aromatic heterocycles. The van der Waals surface area contributed by atoms with Crippen LogP contribution in [0.3, 0.4) is 0 Å². The molecule has 2 aliphatic rings. The van der Waals surface area contributed by atoms with Gasteiger partial charge in [-0.2, -0.15) is 5.10 Å². The number of hydrogen-bond acceptors (Lipinski definition) is 3. The smallest absolute Gasteiger partial charge is 0.236 e. The zero-order chi connectivity index (χ0) is 15.4. The van der Waals surface area contributed by atoms with E-state index in [0.717, 1.165) is 25.9 Å². The Hall–Kier alpha value is -1.36. The van der Waals surface area contributed by atoms with E-state index in [1.807, 2.05) is 18.1 Å². The van der Waals surface area contributed by atoms with Gasteiger partial charge in [0, 0.05) is 30.9 Å². The van der Waals surface area contributed by atoms with Crippen molar-refractivity contribution in [2.45, 2.75) is 56.9 Å². The Morgan fingerprint density at radius 2 is 2.00 bits per heavy atom. The van der Waals surface area contributed by atoms with E-state index >= 15 is 0 Å². The minimum Gasteiger partial charge on any atom is -0.342 e. The molecule has 0 spiro atoms. The number of nitrogens with one attached hydrogen (secondary N) is 1. The molecule has 1 aliphatic carbocycles. The van der Waals surface area contributed by atoms with Gasteiger partial charge in [-0.3, -0.25) is 14.8 Å². The van der Waals surface area contributed by atoms with Gasteiger partial charge in [-0.25, -0.2) is 0 Å². The standard InChI is InChI=1S/C17H28N4O/c1-20(15-5-3-2-4-6-15)17(22)13-21-11-8-14(9-12-21)16-7-10-18-19-16/h7,10,14-15H,2-6,8-9,11-13H2,1H3,(H,18,19). The third kappa shape index (κ3) is 3.69. The summed E-state index contributed by atoms with van der Waals surface area (Å²) in [5, 5.41) is 7.12. The maximum atomic E-state index is 12.5. The van der Waals surface area contributed by atoms with Crippen molar-refractivity contribution < 1.29 is 4.79 Å². The Bertz CT molecular complexity index is 459. The van der Waals surface area contributed by atoms with Crippen LogP contribution < -0.4 is 0 Å². The third-order valence-corrected chi connectivity index (χ3v) is 5.42. The topological polar surface area (TPSA) is 52.2 Å². The van der Waals surface area contributed by atoms with E-state index in [-0.39, 0.29) is 0 Å². The van der Waals surface area contributed by atoms with Gasteiger partial charge in [-0.1, -0.05) is 19.3 Å². The average molecular weight is 304 g/mol. The average Bonchev–Trinajstić information content (AvgIpc) is 3.10.